The molecule has 2 aromatic carbocycles. The van der Waals surface area contributed by atoms with Crippen LogP contribution in [0.2, 0.25) is 5.04 Å². The molecule has 0 saturated heterocycles. The molecule has 0 N–H and O–H groups in total. The van der Waals surface area contributed by atoms with E-state index in [-0.39, 0.29) is 5.04 Å². The second-order valence-corrected chi connectivity index (χ2v) is 13.3. The Labute approximate surface area is 168 Å². The van der Waals surface area contributed by atoms with Crippen LogP contribution in [0.4, 0.5) is 0 Å². The topological polar surface area (TPSA) is 9.23 Å². The average molecular weight is 466 g/mol. The molecule has 0 aliphatic rings. The van der Waals surface area contributed by atoms with Gasteiger partial charge in [0.25, 0.3) is 8.32 Å². The summed E-state index contributed by atoms with van der Waals surface area (Å²) in [5.74, 6) is 0.594. The first kappa shape index (κ1) is 20.7. The largest absolute Gasteiger partial charge is 0.407 e. The predicted molar refractivity (Wildman–Crippen MR) is 121 cm³/mol. The highest BCUT2D eigenvalue weighted by atomic mass is 127. The number of rotatable bonds is 8. The molecule has 0 aliphatic heterocycles. The van der Waals surface area contributed by atoms with Crippen molar-refractivity contribution in [1.82, 2.24) is 0 Å². The van der Waals surface area contributed by atoms with Crippen LogP contribution in [0.1, 0.15) is 40.5 Å². The zero-order valence-corrected chi connectivity index (χ0v) is 19.1. The lowest BCUT2D eigenvalue weighted by molar-refractivity contribution is 0.238. The van der Waals surface area contributed by atoms with Gasteiger partial charge in [0, 0.05) is 6.61 Å². The van der Waals surface area contributed by atoms with Gasteiger partial charge in [0.15, 0.2) is 0 Å². The first-order valence-electron chi connectivity index (χ1n) is 9.23. The zero-order chi connectivity index (χ0) is 18.3. The Bertz CT molecular complexity index is 582. The van der Waals surface area contributed by atoms with Crippen LogP contribution in [0.15, 0.2) is 60.7 Å². The van der Waals surface area contributed by atoms with E-state index >= 15 is 0 Å². The van der Waals surface area contributed by atoms with E-state index < -0.39 is 8.32 Å². The summed E-state index contributed by atoms with van der Waals surface area (Å²) in [4.78, 5) is 0. The zero-order valence-electron chi connectivity index (χ0n) is 16.0. The molecule has 0 aliphatic carbocycles. The highest BCUT2D eigenvalue weighted by molar-refractivity contribution is 14.1. The first-order chi connectivity index (χ1) is 11.9. The highest BCUT2D eigenvalue weighted by Gasteiger charge is 2.50. The van der Waals surface area contributed by atoms with Gasteiger partial charge in [0.05, 0.1) is 0 Å². The number of hydrogen-bond donors (Lipinski definition) is 0. The Kier molecular flexibility index (Phi) is 7.71. The van der Waals surface area contributed by atoms with Gasteiger partial charge in [-0.05, 0) is 38.6 Å². The van der Waals surface area contributed by atoms with Crippen molar-refractivity contribution in [2.75, 3.05) is 11.0 Å². The molecule has 136 valence electrons. The van der Waals surface area contributed by atoms with E-state index in [1.807, 2.05) is 0 Å². The van der Waals surface area contributed by atoms with Gasteiger partial charge < -0.3 is 4.43 Å². The maximum absolute atomic E-state index is 6.96. The molecule has 0 fully saturated rings. The molecule has 1 nitrogen and oxygen atoms in total. The first-order valence-corrected chi connectivity index (χ1v) is 12.7. The molecular weight excluding hydrogens is 435 g/mol. The Morgan fingerprint density at radius 2 is 1.40 bits per heavy atom. The lowest BCUT2D eigenvalue weighted by atomic mass is 10.1. The lowest BCUT2D eigenvalue weighted by Crippen LogP contribution is -2.66. The van der Waals surface area contributed by atoms with Crippen LogP contribution in [-0.4, -0.2) is 19.4 Å². The summed E-state index contributed by atoms with van der Waals surface area (Å²) in [5.41, 5.74) is 0. The summed E-state index contributed by atoms with van der Waals surface area (Å²) in [6.45, 7) is 10.2. The van der Waals surface area contributed by atoms with Crippen molar-refractivity contribution in [3.05, 3.63) is 60.7 Å². The van der Waals surface area contributed by atoms with Gasteiger partial charge in [-0.1, -0.05) is 111 Å². The summed E-state index contributed by atoms with van der Waals surface area (Å²) in [6, 6.07) is 21.8. The third-order valence-electron chi connectivity index (χ3n) is 4.83. The minimum Gasteiger partial charge on any atom is -0.407 e. The van der Waals surface area contributed by atoms with Gasteiger partial charge in [0.1, 0.15) is 0 Å². The SMILES string of the molecule is C[C@@H](CCCI)CO[Si](c1ccccc1)(c1ccccc1)C(C)(C)C. The summed E-state index contributed by atoms with van der Waals surface area (Å²) in [5, 5.41) is 2.81. The van der Waals surface area contributed by atoms with Crippen molar-refractivity contribution in [2.24, 2.45) is 5.92 Å². The monoisotopic (exact) mass is 466 g/mol. The fourth-order valence-electron chi connectivity index (χ4n) is 3.54. The van der Waals surface area contributed by atoms with Crippen LogP contribution in [0.3, 0.4) is 0 Å². The molecule has 0 aromatic heterocycles. The Hall–Kier alpha value is -0.653. The summed E-state index contributed by atoms with van der Waals surface area (Å²) in [6.07, 6.45) is 2.51. The Morgan fingerprint density at radius 1 is 0.920 bits per heavy atom. The van der Waals surface area contributed by atoms with E-state index in [0.29, 0.717) is 5.92 Å². The van der Waals surface area contributed by atoms with Crippen molar-refractivity contribution in [3.63, 3.8) is 0 Å². The lowest BCUT2D eigenvalue weighted by Gasteiger charge is -2.43. The Morgan fingerprint density at radius 3 is 1.80 bits per heavy atom. The molecule has 0 unspecified atom stereocenters. The summed E-state index contributed by atoms with van der Waals surface area (Å²) >= 11 is 2.46. The summed E-state index contributed by atoms with van der Waals surface area (Å²) in [7, 11) is -2.35. The number of halogens is 1. The maximum Gasteiger partial charge on any atom is 0.261 e. The summed E-state index contributed by atoms with van der Waals surface area (Å²) < 4.78 is 8.19. The van der Waals surface area contributed by atoms with Gasteiger partial charge in [-0.15, -0.1) is 0 Å². The van der Waals surface area contributed by atoms with Crippen LogP contribution in [0, 0.1) is 5.92 Å². The van der Waals surface area contributed by atoms with Gasteiger partial charge >= 0.3 is 0 Å². The fraction of sp³-hybridized carbons (Fsp3) is 0.455. The minimum absolute atomic E-state index is 0.0681. The quantitative estimate of drug-likeness (QED) is 0.287. The second-order valence-electron chi connectivity index (χ2n) is 7.91. The second kappa shape index (κ2) is 9.33. The molecule has 0 saturated carbocycles. The van der Waals surface area contributed by atoms with E-state index in [2.05, 4.69) is 111 Å². The highest BCUT2D eigenvalue weighted by Crippen LogP contribution is 2.37. The van der Waals surface area contributed by atoms with E-state index in [1.165, 1.54) is 27.6 Å². The van der Waals surface area contributed by atoms with Crippen molar-refractivity contribution in [1.29, 1.82) is 0 Å². The number of alkyl halides is 1. The van der Waals surface area contributed by atoms with Gasteiger partial charge in [-0.25, -0.2) is 0 Å². The molecular formula is C22H31IOSi. The molecule has 0 spiro atoms. The molecule has 0 amide bonds. The van der Waals surface area contributed by atoms with Gasteiger partial charge in [-0.2, -0.15) is 0 Å². The fourth-order valence-corrected chi connectivity index (χ4v) is 8.67. The van der Waals surface area contributed by atoms with Crippen molar-refractivity contribution in [3.8, 4) is 0 Å². The van der Waals surface area contributed by atoms with Crippen LogP contribution < -0.4 is 10.4 Å². The third kappa shape index (κ3) is 4.95. The van der Waals surface area contributed by atoms with E-state index in [0.717, 1.165) is 6.61 Å². The van der Waals surface area contributed by atoms with Crippen LogP contribution in [-0.2, 0) is 4.43 Å². The molecule has 0 radical (unpaired) electrons. The van der Waals surface area contributed by atoms with Crippen LogP contribution >= 0.6 is 22.6 Å². The average Bonchev–Trinajstić information content (AvgIpc) is 2.61. The number of hydrogen-bond acceptors (Lipinski definition) is 1. The normalized spacial score (nSPS) is 13.6. The van der Waals surface area contributed by atoms with Crippen molar-refractivity contribution >= 4 is 41.3 Å². The third-order valence-corrected chi connectivity index (χ3v) is 10.6. The van der Waals surface area contributed by atoms with Crippen LogP contribution in [0.5, 0.6) is 0 Å². The standard InChI is InChI=1S/C22H31IOSi/c1-19(12-11-17-23)18-24-25(22(2,3)4,20-13-7-5-8-14-20)21-15-9-6-10-16-21/h5-10,13-16,19H,11-12,17-18H2,1-4H3/t19-/m0/s1. The molecule has 1 atom stereocenters. The smallest absolute Gasteiger partial charge is 0.261 e. The predicted octanol–water partition coefficient (Wildman–Crippen LogP) is 5.41. The minimum atomic E-state index is -2.35. The van der Waals surface area contributed by atoms with Gasteiger partial charge in [-0.3, -0.25) is 0 Å². The Balaban J connectivity index is 2.46. The van der Waals surface area contributed by atoms with E-state index in [9.17, 15) is 0 Å². The van der Waals surface area contributed by atoms with Crippen LogP contribution in [0.25, 0.3) is 0 Å². The van der Waals surface area contributed by atoms with Crippen molar-refractivity contribution in [2.45, 2.75) is 45.6 Å². The molecule has 25 heavy (non-hydrogen) atoms. The van der Waals surface area contributed by atoms with Gasteiger partial charge in [0.2, 0.25) is 0 Å². The van der Waals surface area contributed by atoms with E-state index in [1.54, 1.807) is 0 Å². The molecule has 2 rings (SSSR count). The number of benzene rings is 2. The molecule has 3 heteroatoms. The molecule has 0 heterocycles. The maximum atomic E-state index is 6.96. The van der Waals surface area contributed by atoms with E-state index in [4.69, 9.17) is 4.43 Å². The molecule has 0 bridgehead atoms. The van der Waals surface area contributed by atoms with Crippen molar-refractivity contribution < 1.29 is 4.43 Å². The molecule has 2 aromatic rings.